The van der Waals surface area contributed by atoms with Crippen LogP contribution in [-0.2, 0) is 6.42 Å². The molecule has 0 unspecified atom stereocenters. The number of ether oxygens (including phenoxy) is 1. The van der Waals surface area contributed by atoms with Crippen LogP contribution in [0.25, 0.3) is 0 Å². The predicted molar refractivity (Wildman–Crippen MR) is 100 cm³/mol. The van der Waals surface area contributed by atoms with Crippen LogP contribution in [0.1, 0.15) is 50.5 Å². The lowest BCUT2D eigenvalue weighted by molar-refractivity contribution is -0.274. The van der Waals surface area contributed by atoms with Gasteiger partial charge in [0.25, 0.3) is 0 Å². The number of alkyl halides is 3. The van der Waals surface area contributed by atoms with Crippen molar-refractivity contribution in [2.24, 2.45) is 11.8 Å². The van der Waals surface area contributed by atoms with Crippen molar-refractivity contribution in [3.63, 3.8) is 0 Å². The maximum atomic E-state index is 12.1. The Hall–Kier alpha value is -2.22. The van der Waals surface area contributed by atoms with Gasteiger partial charge >= 0.3 is 6.36 Å². The second-order valence-electron chi connectivity index (χ2n) is 7.09. The third-order valence-corrected chi connectivity index (χ3v) is 5.04. The van der Waals surface area contributed by atoms with Gasteiger partial charge in [0.1, 0.15) is 5.75 Å². The number of hydrogen-bond donors (Lipinski definition) is 0. The molecule has 0 spiro atoms. The van der Waals surface area contributed by atoms with Gasteiger partial charge in [0.05, 0.1) is 6.07 Å². The van der Waals surface area contributed by atoms with Crippen LogP contribution in [0.2, 0.25) is 0 Å². The molecule has 0 bridgehead atoms. The smallest absolute Gasteiger partial charge is 0.406 e. The molecule has 1 saturated carbocycles. The molecule has 0 heterocycles. The van der Waals surface area contributed by atoms with Crippen LogP contribution in [0.3, 0.4) is 0 Å². The number of aryl methyl sites for hydroxylation is 1. The largest absolute Gasteiger partial charge is 0.573 e. The Kier molecular flexibility index (Phi) is 8.44. The van der Waals surface area contributed by atoms with Crippen molar-refractivity contribution in [2.45, 2.75) is 57.7 Å². The molecule has 146 valence electrons. The summed E-state index contributed by atoms with van der Waals surface area (Å²) in [4.78, 5) is 0. The molecule has 2 rings (SSSR count). The first-order chi connectivity index (χ1) is 13.0. The van der Waals surface area contributed by atoms with Crippen LogP contribution in [-0.4, -0.2) is 6.36 Å². The van der Waals surface area contributed by atoms with Crippen LogP contribution in [0, 0.1) is 23.2 Å². The summed E-state index contributed by atoms with van der Waals surface area (Å²) < 4.78 is 40.3. The number of rotatable bonds is 8. The van der Waals surface area contributed by atoms with Gasteiger partial charge in [-0.3, -0.25) is 0 Å². The number of allylic oxidation sites excluding steroid dienone is 4. The van der Waals surface area contributed by atoms with Gasteiger partial charge in [0, 0.05) is 6.08 Å². The molecular weight excluding hydrogens is 351 g/mol. The van der Waals surface area contributed by atoms with E-state index in [-0.39, 0.29) is 5.75 Å². The molecule has 5 heteroatoms. The van der Waals surface area contributed by atoms with Crippen LogP contribution >= 0.6 is 0 Å². The molecule has 0 aromatic heterocycles. The van der Waals surface area contributed by atoms with E-state index in [1.807, 2.05) is 12.1 Å². The SMILES string of the molecule is N#CC=CC=CC1CCC(CCCCc2ccc(OC(F)(F)F)cc2)CC1. The molecule has 1 aliphatic carbocycles. The van der Waals surface area contributed by atoms with Gasteiger partial charge in [-0.1, -0.05) is 43.2 Å². The maximum absolute atomic E-state index is 12.1. The topological polar surface area (TPSA) is 33.0 Å². The van der Waals surface area contributed by atoms with E-state index in [0.717, 1.165) is 30.7 Å². The first-order valence-electron chi connectivity index (χ1n) is 9.54. The molecular formula is C22H26F3NO. The van der Waals surface area contributed by atoms with E-state index in [1.165, 1.54) is 50.3 Å². The van der Waals surface area contributed by atoms with E-state index in [9.17, 15) is 13.2 Å². The van der Waals surface area contributed by atoms with Crippen molar-refractivity contribution in [3.8, 4) is 11.8 Å². The Morgan fingerprint density at radius 1 is 1.04 bits per heavy atom. The van der Waals surface area contributed by atoms with Gasteiger partial charge in [-0.05, 0) is 68.1 Å². The molecule has 1 aromatic rings. The number of nitrogens with zero attached hydrogens (tertiary/aromatic N) is 1. The lowest BCUT2D eigenvalue weighted by atomic mass is 9.79. The number of benzene rings is 1. The van der Waals surface area contributed by atoms with Crippen LogP contribution in [0.15, 0.2) is 48.6 Å². The molecule has 0 amide bonds. The lowest BCUT2D eigenvalue weighted by Gasteiger charge is -2.26. The van der Waals surface area contributed by atoms with Gasteiger partial charge in [-0.25, -0.2) is 0 Å². The molecule has 27 heavy (non-hydrogen) atoms. The monoisotopic (exact) mass is 377 g/mol. The van der Waals surface area contributed by atoms with Crippen molar-refractivity contribution in [1.29, 1.82) is 5.26 Å². The highest BCUT2D eigenvalue weighted by atomic mass is 19.4. The molecule has 1 aliphatic rings. The van der Waals surface area contributed by atoms with E-state index in [1.54, 1.807) is 18.2 Å². The van der Waals surface area contributed by atoms with Crippen molar-refractivity contribution in [3.05, 3.63) is 54.1 Å². The fraction of sp³-hybridized carbons (Fsp3) is 0.500. The summed E-state index contributed by atoms with van der Waals surface area (Å²) in [5, 5.41) is 8.45. The summed E-state index contributed by atoms with van der Waals surface area (Å²) in [5.74, 6) is 1.24. The number of halogens is 3. The zero-order valence-corrected chi connectivity index (χ0v) is 15.4. The average Bonchev–Trinajstić information content (AvgIpc) is 2.63. The third kappa shape index (κ3) is 8.81. The Bertz CT molecular complexity index is 648. The molecule has 1 fully saturated rings. The Morgan fingerprint density at radius 3 is 2.37 bits per heavy atom. The zero-order valence-electron chi connectivity index (χ0n) is 15.4. The van der Waals surface area contributed by atoms with Gasteiger partial charge in [-0.2, -0.15) is 5.26 Å². The average molecular weight is 377 g/mol. The van der Waals surface area contributed by atoms with Gasteiger partial charge in [-0.15, -0.1) is 13.2 Å². The van der Waals surface area contributed by atoms with E-state index in [4.69, 9.17) is 5.26 Å². The molecule has 0 N–H and O–H groups in total. The van der Waals surface area contributed by atoms with Crippen molar-refractivity contribution >= 4 is 0 Å². The summed E-state index contributed by atoms with van der Waals surface area (Å²) >= 11 is 0. The van der Waals surface area contributed by atoms with E-state index in [0.29, 0.717) is 5.92 Å². The maximum Gasteiger partial charge on any atom is 0.573 e. The van der Waals surface area contributed by atoms with Crippen molar-refractivity contribution in [1.82, 2.24) is 0 Å². The minimum absolute atomic E-state index is 0.167. The van der Waals surface area contributed by atoms with E-state index < -0.39 is 6.36 Å². The highest BCUT2D eigenvalue weighted by Crippen LogP contribution is 2.32. The highest BCUT2D eigenvalue weighted by Gasteiger charge is 2.30. The summed E-state index contributed by atoms with van der Waals surface area (Å²) in [6.07, 6.45) is 12.0. The molecule has 0 aliphatic heterocycles. The molecule has 1 aromatic carbocycles. The van der Waals surface area contributed by atoms with Crippen LogP contribution in [0.4, 0.5) is 13.2 Å². The second-order valence-corrected chi connectivity index (χ2v) is 7.09. The fourth-order valence-electron chi connectivity index (χ4n) is 3.61. The number of unbranched alkanes of at least 4 members (excludes halogenated alkanes) is 1. The summed E-state index contributed by atoms with van der Waals surface area (Å²) in [7, 11) is 0. The third-order valence-electron chi connectivity index (χ3n) is 5.04. The van der Waals surface area contributed by atoms with Gasteiger partial charge in [0.2, 0.25) is 0 Å². The Labute approximate surface area is 159 Å². The zero-order chi connectivity index (χ0) is 19.5. The van der Waals surface area contributed by atoms with E-state index >= 15 is 0 Å². The van der Waals surface area contributed by atoms with Crippen LogP contribution < -0.4 is 4.74 Å². The minimum atomic E-state index is -4.64. The highest BCUT2D eigenvalue weighted by molar-refractivity contribution is 5.27. The standard InChI is InChI=1S/C22H26F3NO/c23-22(24,25)27-21-15-13-20(14-16-21)8-4-3-7-19-11-9-18(10-12-19)6-2-1-5-17-26/h1-2,5-6,13-16,18-19H,3-4,7-12H2. The summed E-state index contributed by atoms with van der Waals surface area (Å²) in [6.45, 7) is 0. The molecule has 0 saturated heterocycles. The van der Waals surface area contributed by atoms with Crippen molar-refractivity contribution in [2.75, 3.05) is 0 Å². The second kappa shape index (κ2) is 10.8. The predicted octanol–water partition coefficient (Wildman–Crippen LogP) is 6.74. The summed E-state index contributed by atoms with van der Waals surface area (Å²) in [5.41, 5.74) is 1.05. The number of nitriles is 1. The first kappa shape index (κ1) is 21.1. The van der Waals surface area contributed by atoms with Crippen molar-refractivity contribution < 1.29 is 17.9 Å². The normalized spacial score (nSPS) is 20.8. The minimum Gasteiger partial charge on any atom is -0.406 e. The van der Waals surface area contributed by atoms with Crippen LogP contribution in [0.5, 0.6) is 5.75 Å². The lowest BCUT2D eigenvalue weighted by Crippen LogP contribution is -2.17. The number of hydrogen-bond acceptors (Lipinski definition) is 2. The van der Waals surface area contributed by atoms with Gasteiger partial charge < -0.3 is 4.74 Å². The Morgan fingerprint density at radius 2 is 1.74 bits per heavy atom. The fourth-order valence-corrected chi connectivity index (χ4v) is 3.61. The molecule has 0 radical (unpaired) electrons. The van der Waals surface area contributed by atoms with E-state index in [2.05, 4.69) is 10.8 Å². The van der Waals surface area contributed by atoms with Gasteiger partial charge in [0.15, 0.2) is 0 Å². The quantitative estimate of drug-likeness (QED) is 0.285. The first-order valence-corrected chi connectivity index (χ1v) is 9.54. The summed E-state index contributed by atoms with van der Waals surface area (Å²) in [6, 6.07) is 8.15. The molecule has 0 atom stereocenters. The molecule has 2 nitrogen and oxygen atoms in total. The Balaban J connectivity index is 1.60.